The van der Waals surface area contributed by atoms with Gasteiger partial charge in [0, 0.05) is 34.0 Å². The third kappa shape index (κ3) is 1.78. The van der Waals surface area contributed by atoms with Crippen LogP contribution >= 0.6 is 15.9 Å². The van der Waals surface area contributed by atoms with Gasteiger partial charge in [0.2, 0.25) is 0 Å². The number of halogens is 1. The number of aliphatic hydroxyl groups excluding tert-OH is 1. The Balaban J connectivity index is 2.64. The Kier molecular flexibility index (Phi) is 2.84. The van der Waals surface area contributed by atoms with Crippen LogP contribution in [0.25, 0.3) is 10.9 Å². The molecular formula is C13H16BrNO. The lowest BCUT2D eigenvalue weighted by Crippen LogP contribution is -2.21. The summed E-state index contributed by atoms with van der Waals surface area (Å²) in [6.45, 7) is 4.25. The lowest BCUT2D eigenvalue weighted by molar-refractivity contribution is 0.218. The maximum Gasteiger partial charge on any atom is 0.0522 e. The first-order valence-corrected chi connectivity index (χ1v) is 6.11. The van der Waals surface area contributed by atoms with Gasteiger partial charge in [0.15, 0.2) is 0 Å². The zero-order chi connectivity index (χ0) is 11.9. The summed E-state index contributed by atoms with van der Waals surface area (Å²) in [6.07, 6.45) is 2.06. The van der Waals surface area contributed by atoms with Crippen LogP contribution in [0, 0.1) is 0 Å². The van der Waals surface area contributed by atoms with Gasteiger partial charge in [-0.25, -0.2) is 0 Å². The monoisotopic (exact) mass is 281 g/mol. The van der Waals surface area contributed by atoms with Crippen molar-refractivity contribution in [1.29, 1.82) is 0 Å². The molecule has 0 amide bonds. The van der Waals surface area contributed by atoms with Gasteiger partial charge in [0.05, 0.1) is 6.61 Å². The number of nitrogens with zero attached hydrogens (tertiary/aromatic N) is 1. The van der Waals surface area contributed by atoms with E-state index in [9.17, 15) is 5.11 Å². The molecule has 86 valence electrons. The summed E-state index contributed by atoms with van der Waals surface area (Å²) >= 11 is 3.56. The third-order valence-corrected chi connectivity index (χ3v) is 3.75. The Hall–Kier alpha value is -0.800. The predicted octanol–water partition coefficient (Wildman–Crippen LogP) is 3.21. The Morgan fingerprint density at radius 3 is 2.69 bits per heavy atom. The molecule has 0 radical (unpaired) electrons. The smallest absolute Gasteiger partial charge is 0.0522 e. The van der Waals surface area contributed by atoms with Crippen molar-refractivity contribution in [2.45, 2.75) is 19.3 Å². The molecule has 3 heteroatoms. The van der Waals surface area contributed by atoms with Crippen molar-refractivity contribution in [2.75, 3.05) is 6.61 Å². The fraction of sp³-hybridized carbons (Fsp3) is 0.385. The molecule has 0 fully saturated rings. The average Bonchev–Trinajstić information content (AvgIpc) is 2.54. The van der Waals surface area contributed by atoms with Gasteiger partial charge < -0.3 is 9.67 Å². The number of rotatable bonds is 2. The van der Waals surface area contributed by atoms with Gasteiger partial charge in [-0.05, 0) is 33.6 Å². The molecule has 2 aromatic rings. The van der Waals surface area contributed by atoms with Gasteiger partial charge >= 0.3 is 0 Å². The molecule has 1 heterocycles. The highest BCUT2D eigenvalue weighted by atomic mass is 79.9. The van der Waals surface area contributed by atoms with Crippen LogP contribution in [-0.2, 0) is 12.5 Å². The number of fused-ring (bicyclic) bond motifs is 1. The minimum absolute atomic E-state index is 0.156. The van der Waals surface area contributed by atoms with Gasteiger partial charge in [0.25, 0.3) is 0 Å². The summed E-state index contributed by atoms with van der Waals surface area (Å²) in [5, 5.41) is 10.6. The summed E-state index contributed by atoms with van der Waals surface area (Å²) in [5.41, 5.74) is 2.17. The summed E-state index contributed by atoms with van der Waals surface area (Å²) in [6, 6.07) is 6.34. The number of aryl methyl sites for hydroxylation is 1. The minimum Gasteiger partial charge on any atom is -0.395 e. The van der Waals surface area contributed by atoms with E-state index < -0.39 is 0 Å². The van der Waals surface area contributed by atoms with Crippen LogP contribution in [0.2, 0.25) is 0 Å². The molecule has 0 unspecified atom stereocenters. The molecule has 0 spiro atoms. The van der Waals surface area contributed by atoms with Crippen molar-refractivity contribution < 1.29 is 5.11 Å². The third-order valence-electron chi connectivity index (χ3n) is 3.12. The van der Waals surface area contributed by atoms with Gasteiger partial charge in [-0.3, -0.25) is 0 Å². The van der Waals surface area contributed by atoms with E-state index >= 15 is 0 Å². The summed E-state index contributed by atoms with van der Waals surface area (Å²) < 4.78 is 3.19. The fourth-order valence-corrected chi connectivity index (χ4v) is 2.48. The van der Waals surface area contributed by atoms with Gasteiger partial charge in [-0.15, -0.1) is 0 Å². The number of benzene rings is 1. The summed E-state index contributed by atoms with van der Waals surface area (Å²) in [7, 11) is 2.03. The molecule has 1 aromatic heterocycles. The molecule has 0 atom stereocenters. The lowest BCUT2D eigenvalue weighted by atomic mass is 9.85. The van der Waals surface area contributed by atoms with Crippen LogP contribution in [-0.4, -0.2) is 16.3 Å². The van der Waals surface area contributed by atoms with Crippen LogP contribution in [0.15, 0.2) is 28.9 Å². The summed E-state index contributed by atoms with van der Waals surface area (Å²) in [5.74, 6) is 0. The van der Waals surface area contributed by atoms with Gasteiger partial charge in [-0.1, -0.05) is 19.9 Å². The van der Waals surface area contributed by atoms with E-state index in [2.05, 4.69) is 44.9 Å². The molecule has 2 rings (SSSR count). The van der Waals surface area contributed by atoms with Crippen LogP contribution in [0.1, 0.15) is 19.4 Å². The number of aliphatic hydroxyl groups is 1. The first-order chi connectivity index (χ1) is 7.45. The maximum absolute atomic E-state index is 9.38. The molecule has 0 aliphatic carbocycles. The van der Waals surface area contributed by atoms with Crippen LogP contribution < -0.4 is 0 Å². The number of aromatic nitrogens is 1. The topological polar surface area (TPSA) is 25.2 Å². The molecule has 1 aromatic carbocycles. The second kappa shape index (κ2) is 3.90. The number of hydrogen-bond donors (Lipinski definition) is 1. The largest absolute Gasteiger partial charge is 0.395 e. The zero-order valence-corrected chi connectivity index (χ0v) is 11.4. The zero-order valence-electron chi connectivity index (χ0n) is 9.79. The van der Waals surface area contributed by atoms with E-state index in [0.29, 0.717) is 0 Å². The van der Waals surface area contributed by atoms with Crippen LogP contribution in [0.3, 0.4) is 0 Å². The van der Waals surface area contributed by atoms with Crippen molar-refractivity contribution in [3.8, 4) is 0 Å². The normalized spacial score (nSPS) is 12.3. The van der Waals surface area contributed by atoms with Gasteiger partial charge in [0.1, 0.15) is 0 Å². The van der Waals surface area contributed by atoms with Crippen LogP contribution in [0.5, 0.6) is 0 Å². The molecule has 1 N–H and O–H groups in total. The van der Waals surface area contributed by atoms with E-state index in [1.807, 2.05) is 20.9 Å². The Morgan fingerprint density at radius 1 is 1.38 bits per heavy atom. The second-order valence-electron chi connectivity index (χ2n) is 4.86. The lowest BCUT2D eigenvalue weighted by Gasteiger charge is -2.22. The Morgan fingerprint density at radius 2 is 2.06 bits per heavy atom. The van der Waals surface area contributed by atoms with E-state index in [1.165, 1.54) is 10.9 Å². The Labute approximate surface area is 104 Å². The molecule has 0 bridgehead atoms. The molecule has 16 heavy (non-hydrogen) atoms. The standard InChI is InChI=1S/C13H16BrNO/c1-13(2,8-16)9-4-5-12-10(6-9)11(14)7-15(12)3/h4-7,16H,8H2,1-3H3. The van der Waals surface area contributed by atoms with Crippen molar-refractivity contribution in [1.82, 2.24) is 4.57 Å². The van der Waals surface area contributed by atoms with E-state index in [1.54, 1.807) is 0 Å². The number of hydrogen-bond acceptors (Lipinski definition) is 1. The average molecular weight is 282 g/mol. The fourth-order valence-electron chi connectivity index (χ4n) is 1.86. The minimum atomic E-state index is -0.191. The Bertz CT molecular complexity index is 528. The molecule has 0 saturated heterocycles. The van der Waals surface area contributed by atoms with Crippen molar-refractivity contribution >= 4 is 26.8 Å². The van der Waals surface area contributed by atoms with Crippen molar-refractivity contribution in [2.24, 2.45) is 7.05 Å². The predicted molar refractivity (Wildman–Crippen MR) is 70.7 cm³/mol. The second-order valence-corrected chi connectivity index (χ2v) is 5.72. The van der Waals surface area contributed by atoms with Gasteiger partial charge in [-0.2, -0.15) is 0 Å². The molecule has 0 aliphatic heterocycles. The quantitative estimate of drug-likeness (QED) is 0.899. The first-order valence-electron chi connectivity index (χ1n) is 5.31. The highest BCUT2D eigenvalue weighted by molar-refractivity contribution is 9.10. The molecular weight excluding hydrogens is 266 g/mol. The molecule has 2 nitrogen and oxygen atoms in total. The first kappa shape index (κ1) is 11.7. The van der Waals surface area contributed by atoms with Crippen molar-refractivity contribution in [3.05, 3.63) is 34.4 Å². The molecule has 0 saturated carbocycles. The highest BCUT2D eigenvalue weighted by Gasteiger charge is 2.20. The van der Waals surface area contributed by atoms with E-state index in [4.69, 9.17) is 0 Å². The summed E-state index contributed by atoms with van der Waals surface area (Å²) in [4.78, 5) is 0. The molecule has 0 aliphatic rings. The van der Waals surface area contributed by atoms with Crippen molar-refractivity contribution in [3.63, 3.8) is 0 Å². The maximum atomic E-state index is 9.38. The van der Waals surface area contributed by atoms with E-state index in [0.717, 1.165) is 10.0 Å². The SMILES string of the molecule is Cn1cc(Br)c2cc(C(C)(C)CO)ccc21. The van der Waals surface area contributed by atoms with E-state index in [-0.39, 0.29) is 12.0 Å². The van der Waals surface area contributed by atoms with Crippen LogP contribution in [0.4, 0.5) is 0 Å². The highest BCUT2D eigenvalue weighted by Crippen LogP contribution is 2.31.